The number of fused-ring (bicyclic) bond motifs is 3. The Morgan fingerprint density at radius 2 is 1.82 bits per heavy atom. The fraction of sp³-hybridized carbons (Fsp3) is 0.400. The number of carbonyl (C=O) groups excluding carboxylic acids is 3. The van der Waals surface area contributed by atoms with Gasteiger partial charge in [-0.1, -0.05) is 44.2 Å². The Bertz CT molecular complexity index is 1840. The summed E-state index contributed by atoms with van der Waals surface area (Å²) in [4.78, 5) is 65.2. The van der Waals surface area contributed by atoms with Crippen molar-refractivity contribution in [3.63, 3.8) is 0 Å². The van der Waals surface area contributed by atoms with Gasteiger partial charge in [-0.05, 0) is 49.9 Å². The molecule has 14 nitrogen and oxygen atoms in total. The zero-order valence-electron chi connectivity index (χ0n) is 28.4. The van der Waals surface area contributed by atoms with Crippen LogP contribution >= 0.6 is 0 Å². The summed E-state index contributed by atoms with van der Waals surface area (Å²) in [6, 6.07) is 13.9. The molecule has 4 aromatic rings. The molecule has 0 unspecified atom stereocenters. The molecular formula is C35H42N8O6. The van der Waals surface area contributed by atoms with E-state index < -0.39 is 11.7 Å². The van der Waals surface area contributed by atoms with Gasteiger partial charge in [0.05, 0.1) is 26.2 Å². The number of aryl methyl sites for hydroxylation is 2. The second-order valence-corrected chi connectivity index (χ2v) is 12.2. The van der Waals surface area contributed by atoms with Gasteiger partial charge in [0, 0.05) is 42.0 Å². The molecule has 258 valence electrons. The Hall–Kier alpha value is -5.53. The number of H-pyrrole nitrogens is 1. The van der Waals surface area contributed by atoms with Crippen LogP contribution in [0.2, 0.25) is 0 Å². The maximum Gasteiger partial charge on any atom is 0.345 e. The van der Waals surface area contributed by atoms with Crippen LogP contribution in [-0.4, -0.2) is 80.7 Å². The van der Waals surface area contributed by atoms with E-state index in [1.54, 1.807) is 36.7 Å². The second kappa shape index (κ2) is 15.6. The molecule has 0 fully saturated rings. The normalized spacial score (nSPS) is 15.9. The Labute approximate surface area is 284 Å². The van der Waals surface area contributed by atoms with Gasteiger partial charge < -0.3 is 30.0 Å². The van der Waals surface area contributed by atoms with E-state index in [2.05, 4.69) is 20.6 Å². The van der Waals surface area contributed by atoms with E-state index in [4.69, 9.17) is 19.6 Å². The summed E-state index contributed by atoms with van der Waals surface area (Å²) in [6.45, 7) is 7.84. The van der Waals surface area contributed by atoms with Gasteiger partial charge in [-0.15, -0.1) is 0 Å². The quantitative estimate of drug-likeness (QED) is 0.279. The van der Waals surface area contributed by atoms with Crippen molar-refractivity contribution in [3.8, 4) is 22.9 Å². The lowest BCUT2D eigenvalue weighted by Crippen LogP contribution is -2.46. The van der Waals surface area contributed by atoms with Crippen molar-refractivity contribution in [1.82, 2.24) is 40.3 Å². The third kappa shape index (κ3) is 8.50. The first kappa shape index (κ1) is 34.8. The van der Waals surface area contributed by atoms with Gasteiger partial charge in [-0.25, -0.2) is 14.5 Å². The number of nitrogens with zero attached hydrogens (tertiary/aromatic N) is 5. The fourth-order valence-electron chi connectivity index (χ4n) is 5.76. The highest BCUT2D eigenvalue weighted by molar-refractivity contribution is 5.95. The van der Waals surface area contributed by atoms with E-state index in [1.165, 1.54) is 12.0 Å². The summed E-state index contributed by atoms with van der Waals surface area (Å²) >= 11 is 0. The van der Waals surface area contributed by atoms with Gasteiger partial charge >= 0.3 is 5.69 Å². The van der Waals surface area contributed by atoms with Gasteiger partial charge in [-0.3, -0.25) is 14.4 Å². The highest BCUT2D eigenvalue weighted by Crippen LogP contribution is 2.29. The summed E-state index contributed by atoms with van der Waals surface area (Å²) in [7, 11) is 1.52. The molecule has 14 heteroatoms. The van der Waals surface area contributed by atoms with Crippen molar-refractivity contribution in [2.75, 3.05) is 33.4 Å². The van der Waals surface area contributed by atoms with Crippen LogP contribution in [0.25, 0.3) is 11.4 Å². The largest absolute Gasteiger partial charge is 0.493 e. The van der Waals surface area contributed by atoms with Crippen LogP contribution in [0.5, 0.6) is 11.5 Å². The molecule has 49 heavy (non-hydrogen) atoms. The SMILES string of the molecule is COc1ccc2cc1OCCn1nc(-c3ccccc3)nc1[C@@H](C(C)C)NC(=O)CN(C(=O)CCc1c(C)nc(=O)[nH]c1C)CCNC2=O. The van der Waals surface area contributed by atoms with Crippen LogP contribution in [-0.2, 0) is 22.6 Å². The summed E-state index contributed by atoms with van der Waals surface area (Å²) in [5.74, 6) is 0.764. The highest BCUT2D eigenvalue weighted by atomic mass is 16.5. The van der Waals surface area contributed by atoms with Crippen LogP contribution < -0.4 is 25.8 Å². The second-order valence-electron chi connectivity index (χ2n) is 12.2. The molecule has 2 bridgehead atoms. The van der Waals surface area contributed by atoms with Crippen LogP contribution in [0.1, 0.15) is 59.4 Å². The number of carbonyl (C=O) groups is 3. The molecule has 0 saturated carbocycles. The summed E-state index contributed by atoms with van der Waals surface area (Å²) in [5.41, 5.74) is 2.67. The van der Waals surface area contributed by atoms with Gasteiger partial charge in [0.1, 0.15) is 6.61 Å². The van der Waals surface area contributed by atoms with Crippen molar-refractivity contribution in [2.24, 2.45) is 5.92 Å². The number of amides is 3. The monoisotopic (exact) mass is 670 g/mol. The molecule has 1 aliphatic heterocycles. The molecule has 2 aromatic carbocycles. The minimum absolute atomic E-state index is 0.0676. The zero-order chi connectivity index (χ0) is 35.1. The van der Waals surface area contributed by atoms with Crippen molar-refractivity contribution < 1.29 is 23.9 Å². The Kier molecular flexibility index (Phi) is 11.1. The number of aromatic nitrogens is 5. The molecule has 0 aliphatic carbocycles. The van der Waals surface area contributed by atoms with Crippen LogP contribution in [0, 0.1) is 19.8 Å². The van der Waals surface area contributed by atoms with Gasteiger partial charge in [0.25, 0.3) is 5.91 Å². The first-order valence-electron chi connectivity index (χ1n) is 16.3. The topological polar surface area (TPSA) is 173 Å². The van der Waals surface area contributed by atoms with Crippen molar-refractivity contribution >= 4 is 17.7 Å². The Balaban J connectivity index is 1.47. The predicted molar refractivity (Wildman–Crippen MR) is 181 cm³/mol. The molecule has 0 spiro atoms. The zero-order valence-corrected chi connectivity index (χ0v) is 28.4. The van der Waals surface area contributed by atoms with Crippen molar-refractivity contribution in [1.29, 1.82) is 0 Å². The smallest absolute Gasteiger partial charge is 0.345 e. The number of hydrogen-bond acceptors (Lipinski definition) is 9. The van der Waals surface area contributed by atoms with Crippen LogP contribution in [0.15, 0.2) is 53.3 Å². The number of ether oxygens (including phenoxy) is 2. The van der Waals surface area contributed by atoms with Crippen LogP contribution in [0.3, 0.4) is 0 Å². The molecule has 3 N–H and O–H groups in total. The van der Waals surface area contributed by atoms with E-state index in [1.807, 2.05) is 44.2 Å². The summed E-state index contributed by atoms with van der Waals surface area (Å²) in [6.07, 6.45) is 0.386. The number of aromatic amines is 1. The van der Waals surface area contributed by atoms with Crippen LogP contribution in [0.4, 0.5) is 0 Å². The molecule has 3 amide bonds. The molecule has 5 rings (SSSR count). The standard InChI is InChI=1S/C35H42N8O6/c1-21(2)31-33-40-32(24-9-7-6-8-10-24)41-43(33)17-18-49-28-19-25(11-13-27(28)48-5)34(46)36-15-16-42(20-29(44)39-31)30(45)14-12-26-22(3)37-35(47)38-23(26)4/h6-11,13,19,21,31H,12,14-18,20H2,1-5H3,(H,36,46)(H,39,44)(H,37,38,47)/t31-/m1/s1. The lowest BCUT2D eigenvalue weighted by Gasteiger charge is -2.26. The maximum atomic E-state index is 13.7. The fourth-order valence-corrected chi connectivity index (χ4v) is 5.76. The van der Waals surface area contributed by atoms with E-state index >= 15 is 0 Å². The Morgan fingerprint density at radius 1 is 1.04 bits per heavy atom. The first-order valence-corrected chi connectivity index (χ1v) is 16.3. The lowest BCUT2D eigenvalue weighted by molar-refractivity contribution is -0.136. The van der Waals surface area contributed by atoms with E-state index in [-0.39, 0.29) is 62.8 Å². The number of benzene rings is 2. The van der Waals surface area contributed by atoms with Crippen molar-refractivity contribution in [3.05, 3.63) is 87.4 Å². The van der Waals surface area contributed by atoms with Gasteiger partial charge in [0.15, 0.2) is 23.1 Å². The van der Waals surface area contributed by atoms with E-state index in [0.29, 0.717) is 46.5 Å². The number of methoxy groups -OCH3 is 1. The minimum Gasteiger partial charge on any atom is -0.493 e. The maximum absolute atomic E-state index is 13.7. The Morgan fingerprint density at radius 3 is 2.53 bits per heavy atom. The van der Waals surface area contributed by atoms with Crippen molar-refractivity contribution in [2.45, 2.75) is 53.1 Å². The number of rotatable bonds is 6. The van der Waals surface area contributed by atoms with E-state index in [9.17, 15) is 19.2 Å². The van der Waals surface area contributed by atoms with E-state index in [0.717, 1.165) is 11.1 Å². The summed E-state index contributed by atoms with van der Waals surface area (Å²) < 4.78 is 13.3. The average Bonchev–Trinajstić information content (AvgIpc) is 3.49. The predicted octanol–water partition coefficient (Wildman–Crippen LogP) is 2.75. The highest BCUT2D eigenvalue weighted by Gasteiger charge is 2.28. The number of hydrogen-bond donors (Lipinski definition) is 3. The molecule has 1 atom stereocenters. The average molecular weight is 671 g/mol. The molecule has 1 aliphatic rings. The first-order chi connectivity index (χ1) is 23.5. The van der Waals surface area contributed by atoms with Gasteiger partial charge in [0.2, 0.25) is 11.8 Å². The molecule has 0 radical (unpaired) electrons. The third-order valence-electron chi connectivity index (χ3n) is 8.38. The molecule has 3 heterocycles. The third-order valence-corrected chi connectivity index (χ3v) is 8.38. The minimum atomic E-state index is -0.541. The lowest BCUT2D eigenvalue weighted by atomic mass is 10.0. The molecular weight excluding hydrogens is 628 g/mol. The van der Waals surface area contributed by atoms with Gasteiger partial charge in [-0.2, -0.15) is 10.1 Å². The number of nitrogens with one attached hydrogen (secondary N) is 3. The molecule has 0 saturated heterocycles. The molecule has 2 aromatic heterocycles. The summed E-state index contributed by atoms with van der Waals surface area (Å²) in [5, 5.41) is 10.7.